The molecule has 4 nitrogen and oxygen atoms in total. The van der Waals surface area contributed by atoms with Crippen molar-refractivity contribution in [1.29, 1.82) is 0 Å². The molecular formula is C9H12N2O2. The Morgan fingerprint density at radius 3 is 2.46 bits per heavy atom. The van der Waals surface area contributed by atoms with Crippen LogP contribution in [-0.4, -0.2) is 11.1 Å². The van der Waals surface area contributed by atoms with E-state index in [2.05, 4.69) is 0 Å². The van der Waals surface area contributed by atoms with E-state index in [-0.39, 0.29) is 11.3 Å². The molecule has 0 unspecified atom stereocenters. The smallest absolute Gasteiger partial charge is 0.337 e. The van der Waals surface area contributed by atoms with Gasteiger partial charge in [0.15, 0.2) is 0 Å². The highest BCUT2D eigenvalue weighted by atomic mass is 16.4. The Labute approximate surface area is 76.2 Å². The molecule has 0 atom stereocenters. The maximum atomic E-state index is 10.6. The van der Waals surface area contributed by atoms with Crippen LogP contribution in [0.5, 0.6) is 0 Å². The molecule has 0 heterocycles. The summed E-state index contributed by atoms with van der Waals surface area (Å²) in [6.07, 6.45) is 0.746. The zero-order valence-electron chi connectivity index (χ0n) is 7.37. The van der Waals surface area contributed by atoms with Gasteiger partial charge in [-0.05, 0) is 18.1 Å². The summed E-state index contributed by atoms with van der Waals surface area (Å²) in [5.74, 6) is -1.05. The van der Waals surface area contributed by atoms with Crippen LogP contribution in [0, 0.1) is 0 Å². The van der Waals surface area contributed by atoms with Crippen LogP contribution in [-0.2, 0) is 6.42 Å². The molecule has 0 aromatic heterocycles. The third-order valence-electron chi connectivity index (χ3n) is 1.99. The van der Waals surface area contributed by atoms with Gasteiger partial charge in [-0.1, -0.05) is 13.0 Å². The number of aromatic carboxylic acids is 1. The lowest BCUT2D eigenvalue weighted by atomic mass is 10.0. The minimum atomic E-state index is -1.05. The Bertz CT molecular complexity index is 348. The minimum absolute atomic E-state index is 0.0645. The van der Waals surface area contributed by atoms with E-state index in [9.17, 15) is 4.79 Å². The predicted molar refractivity (Wildman–Crippen MR) is 51.6 cm³/mol. The molecule has 70 valence electrons. The number of carboxylic acid groups (broad SMARTS) is 1. The summed E-state index contributed by atoms with van der Waals surface area (Å²) in [4.78, 5) is 10.6. The average Bonchev–Trinajstić information content (AvgIpc) is 2.09. The number of anilines is 2. The first-order chi connectivity index (χ1) is 6.07. The summed E-state index contributed by atoms with van der Waals surface area (Å²) in [6.45, 7) is 1.94. The van der Waals surface area contributed by atoms with E-state index in [4.69, 9.17) is 16.6 Å². The van der Waals surface area contributed by atoms with Crippen LogP contribution < -0.4 is 11.5 Å². The van der Waals surface area contributed by atoms with E-state index in [0.717, 1.165) is 12.0 Å². The number of rotatable bonds is 2. The molecule has 0 spiro atoms. The fourth-order valence-corrected chi connectivity index (χ4v) is 1.18. The van der Waals surface area contributed by atoms with E-state index >= 15 is 0 Å². The largest absolute Gasteiger partial charge is 0.478 e. The molecule has 0 aliphatic rings. The van der Waals surface area contributed by atoms with Gasteiger partial charge >= 0.3 is 5.97 Å². The van der Waals surface area contributed by atoms with E-state index in [0.29, 0.717) is 5.69 Å². The maximum Gasteiger partial charge on any atom is 0.337 e. The van der Waals surface area contributed by atoms with Gasteiger partial charge in [-0.25, -0.2) is 4.79 Å². The van der Waals surface area contributed by atoms with Crippen molar-refractivity contribution in [3.8, 4) is 0 Å². The number of benzene rings is 1. The molecule has 1 aromatic carbocycles. The molecule has 0 bridgehead atoms. The molecule has 4 heteroatoms. The Hall–Kier alpha value is -1.71. The second-order valence-corrected chi connectivity index (χ2v) is 2.76. The Balaban J connectivity index is 3.31. The van der Waals surface area contributed by atoms with Crippen LogP contribution in [0.1, 0.15) is 22.8 Å². The molecule has 1 rings (SSSR count). The molecule has 0 saturated carbocycles. The second-order valence-electron chi connectivity index (χ2n) is 2.76. The molecule has 1 aromatic rings. The summed E-state index contributed by atoms with van der Waals surface area (Å²) < 4.78 is 0. The van der Waals surface area contributed by atoms with Crippen molar-refractivity contribution in [3.63, 3.8) is 0 Å². The van der Waals surface area contributed by atoms with E-state index in [1.54, 1.807) is 6.07 Å². The zero-order valence-corrected chi connectivity index (χ0v) is 7.37. The van der Waals surface area contributed by atoms with Gasteiger partial charge in [-0.2, -0.15) is 0 Å². The number of hydrogen-bond donors (Lipinski definition) is 3. The number of nitrogen functional groups attached to an aromatic ring is 2. The standard InChI is InChI=1S/C9H12N2O2/c1-2-5-3-4-6(9(12)13)8(11)7(5)10/h3-4H,2,10-11H2,1H3,(H,12,13). The van der Waals surface area contributed by atoms with E-state index < -0.39 is 5.97 Å². The SMILES string of the molecule is CCc1ccc(C(=O)O)c(N)c1N. The monoisotopic (exact) mass is 180 g/mol. The van der Waals surface area contributed by atoms with E-state index in [1.807, 2.05) is 6.92 Å². The maximum absolute atomic E-state index is 10.6. The lowest BCUT2D eigenvalue weighted by Crippen LogP contribution is -2.07. The van der Waals surface area contributed by atoms with Crippen molar-refractivity contribution in [2.75, 3.05) is 11.5 Å². The van der Waals surface area contributed by atoms with Gasteiger partial charge in [-0.15, -0.1) is 0 Å². The summed E-state index contributed by atoms with van der Waals surface area (Å²) in [5, 5.41) is 8.72. The van der Waals surface area contributed by atoms with Gasteiger partial charge in [0.2, 0.25) is 0 Å². The van der Waals surface area contributed by atoms with Gasteiger partial charge in [0, 0.05) is 0 Å². The Morgan fingerprint density at radius 1 is 1.38 bits per heavy atom. The summed E-state index contributed by atoms with van der Waals surface area (Å²) in [6, 6.07) is 3.17. The third kappa shape index (κ3) is 1.56. The highest BCUT2D eigenvalue weighted by molar-refractivity contribution is 5.97. The summed E-state index contributed by atoms with van der Waals surface area (Å²) >= 11 is 0. The van der Waals surface area contributed by atoms with Gasteiger partial charge in [0.05, 0.1) is 16.9 Å². The van der Waals surface area contributed by atoms with Crippen LogP contribution in [0.3, 0.4) is 0 Å². The van der Waals surface area contributed by atoms with Crippen LogP contribution in [0.15, 0.2) is 12.1 Å². The van der Waals surface area contributed by atoms with Crippen molar-refractivity contribution in [3.05, 3.63) is 23.3 Å². The van der Waals surface area contributed by atoms with E-state index in [1.165, 1.54) is 6.07 Å². The number of hydrogen-bond acceptors (Lipinski definition) is 3. The topological polar surface area (TPSA) is 89.3 Å². The Kier molecular flexibility index (Phi) is 2.41. The van der Waals surface area contributed by atoms with Crippen LogP contribution in [0.25, 0.3) is 0 Å². The van der Waals surface area contributed by atoms with Crippen LogP contribution >= 0.6 is 0 Å². The minimum Gasteiger partial charge on any atom is -0.478 e. The zero-order chi connectivity index (χ0) is 10.0. The van der Waals surface area contributed by atoms with Crippen molar-refractivity contribution in [2.45, 2.75) is 13.3 Å². The molecule has 5 N–H and O–H groups in total. The lowest BCUT2D eigenvalue weighted by molar-refractivity contribution is 0.0698. The molecule has 0 fully saturated rings. The molecule has 0 amide bonds. The Morgan fingerprint density at radius 2 is 2.00 bits per heavy atom. The number of carbonyl (C=O) groups is 1. The first-order valence-corrected chi connectivity index (χ1v) is 3.98. The van der Waals surface area contributed by atoms with Crippen LogP contribution in [0.4, 0.5) is 11.4 Å². The number of carboxylic acids is 1. The lowest BCUT2D eigenvalue weighted by Gasteiger charge is -2.08. The first kappa shape index (κ1) is 9.38. The molecule has 0 aliphatic carbocycles. The highest BCUT2D eigenvalue weighted by Crippen LogP contribution is 2.24. The molecular weight excluding hydrogens is 168 g/mol. The first-order valence-electron chi connectivity index (χ1n) is 3.98. The van der Waals surface area contributed by atoms with Gasteiger partial charge in [-0.3, -0.25) is 0 Å². The van der Waals surface area contributed by atoms with Crippen molar-refractivity contribution in [2.24, 2.45) is 0 Å². The van der Waals surface area contributed by atoms with Gasteiger partial charge in [0.1, 0.15) is 0 Å². The fourth-order valence-electron chi connectivity index (χ4n) is 1.18. The molecule has 13 heavy (non-hydrogen) atoms. The number of aryl methyl sites for hydroxylation is 1. The fraction of sp³-hybridized carbons (Fsp3) is 0.222. The molecule has 0 radical (unpaired) electrons. The van der Waals surface area contributed by atoms with Crippen molar-refractivity contribution < 1.29 is 9.90 Å². The second kappa shape index (κ2) is 3.35. The van der Waals surface area contributed by atoms with Crippen LogP contribution in [0.2, 0.25) is 0 Å². The quantitative estimate of drug-likeness (QED) is 0.595. The van der Waals surface area contributed by atoms with Gasteiger partial charge < -0.3 is 16.6 Å². The average molecular weight is 180 g/mol. The highest BCUT2D eigenvalue weighted by Gasteiger charge is 2.11. The predicted octanol–water partition coefficient (Wildman–Crippen LogP) is 1.11. The van der Waals surface area contributed by atoms with Crippen molar-refractivity contribution >= 4 is 17.3 Å². The molecule has 0 saturated heterocycles. The van der Waals surface area contributed by atoms with Gasteiger partial charge in [0.25, 0.3) is 0 Å². The number of nitrogens with two attached hydrogens (primary N) is 2. The molecule has 0 aliphatic heterocycles. The third-order valence-corrected chi connectivity index (χ3v) is 1.99. The normalized spacial score (nSPS) is 9.92. The van der Waals surface area contributed by atoms with Crippen molar-refractivity contribution in [1.82, 2.24) is 0 Å². The summed E-state index contributed by atoms with van der Waals surface area (Å²) in [7, 11) is 0. The summed E-state index contributed by atoms with van der Waals surface area (Å²) in [5.41, 5.74) is 12.7.